The molecule has 6 heteroatoms. The fourth-order valence-electron chi connectivity index (χ4n) is 2.28. The number of nitrogens with zero attached hydrogens (tertiary/aromatic N) is 4. The standard InChI is InChI=1S/C14H14N4O2/c19-14(20)11-9-12(18-7-1-2-8-18)17-13(16-11)10-3-5-15-6-4-10/h3-6,9H,1-2,7-8H2,(H,19,20). The first-order valence-electron chi connectivity index (χ1n) is 6.52. The lowest BCUT2D eigenvalue weighted by atomic mass is 10.2. The molecule has 0 aliphatic carbocycles. The maximum atomic E-state index is 11.2. The maximum absolute atomic E-state index is 11.2. The van der Waals surface area contributed by atoms with Crippen LogP contribution in [0, 0.1) is 0 Å². The molecule has 1 N–H and O–H groups in total. The van der Waals surface area contributed by atoms with E-state index in [0.29, 0.717) is 11.6 Å². The molecule has 3 heterocycles. The average Bonchev–Trinajstić information content (AvgIpc) is 3.02. The highest BCUT2D eigenvalue weighted by molar-refractivity contribution is 5.87. The second-order valence-corrected chi connectivity index (χ2v) is 4.67. The van der Waals surface area contributed by atoms with Crippen molar-refractivity contribution in [2.24, 2.45) is 0 Å². The summed E-state index contributed by atoms with van der Waals surface area (Å²) < 4.78 is 0. The molecule has 1 aliphatic rings. The first-order valence-corrected chi connectivity index (χ1v) is 6.52. The summed E-state index contributed by atoms with van der Waals surface area (Å²) in [7, 11) is 0. The molecule has 2 aromatic heterocycles. The molecule has 102 valence electrons. The van der Waals surface area contributed by atoms with Crippen LogP contribution in [-0.2, 0) is 0 Å². The van der Waals surface area contributed by atoms with Crippen LogP contribution >= 0.6 is 0 Å². The first-order chi connectivity index (χ1) is 9.74. The smallest absolute Gasteiger partial charge is 0.354 e. The highest BCUT2D eigenvalue weighted by atomic mass is 16.4. The van der Waals surface area contributed by atoms with Crippen molar-refractivity contribution in [1.29, 1.82) is 0 Å². The molecule has 0 amide bonds. The van der Waals surface area contributed by atoms with E-state index in [0.717, 1.165) is 31.5 Å². The van der Waals surface area contributed by atoms with Crippen LogP contribution in [0.2, 0.25) is 0 Å². The zero-order valence-corrected chi connectivity index (χ0v) is 10.9. The van der Waals surface area contributed by atoms with Crippen molar-refractivity contribution in [3.05, 3.63) is 36.3 Å². The Morgan fingerprint density at radius 1 is 1.15 bits per heavy atom. The van der Waals surface area contributed by atoms with Gasteiger partial charge in [-0.05, 0) is 25.0 Å². The number of pyridine rings is 1. The zero-order valence-electron chi connectivity index (χ0n) is 10.9. The molecule has 6 nitrogen and oxygen atoms in total. The summed E-state index contributed by atoms with van der Waals surface area (Å²) in [5.74, 6) is 0.0686. The van der Waals surface area contributed by atoms with Crippen LogP contribution < -0.4 is 4.90 Å². The maximum Gasteiger partial charge on any atom is 0.354 e. The largest absolute Gasteiger partial charge is 0.477 e. The molecule has 1 saturated heterocycles. The molecule has 3 rings (SSSR count). The summed E-state index contributed by atoms with van der Waals surface area (Å²) in [4.78, 5) is 25.9. The minimum atomic E-state index is -1.04. The predicted molar refractivity (Wildman–Crippen MR) is 73.7 cm³/mol. The van der Waals surface area contributed by atoms with Gasteiger partial charge in [0.1, 0.15) is 5.82 Å². The Kier molecular flexibility index (Phi) is 3.28. The lowest BCUT2D eigenvalue weighted by molar-refractivity contribution is 0.0690. The van der Waals surface area contributed by atoms with E-state index >= 15 is 0 Å². The van der Waals surface area contributed by atoms with Crippen LogP contribution in [0.3, 0.4) is 0 Å². The molecule has 0 unspecified atom stereocenters. The molecular weight excluding hydrogens is 256 g/mol. The average molecular weight is 270 g/mol. The molecule has 0 bridgehead atoms. The van der Waals surface area contributed by atoms with Gasteiger partial charge < -0.3 is 10.0 Å². The second-order valence-electron chi connectivity index (χ2n) is 4.67. The van der Waals surface area contributed by atoms with Gasteiger partial charge in [-0.25, -0.2) is 14.8 Å². The van der Waals surface area contributed by atoms with Gasteiger partial charge in [0.15, 0.2) is 11.5 Å². The molecule has 1 aliphatic heterocycles. The first kappa shape index (κ1) is 12.5. The monoisotopic (exact) mass is 270 g/mol. The number of rotatable bonds is 3. The van der Waals surface area contributed by atoms with Crippen molar-refractivity contribution >= 4 is 11.8 Å². The Bertz CT molecular complexity index is 624. The molecule has 0 atom stereocenters. The third-order valence-electron chi connectivity index (χ3n) is 3.30. The normalized spacial score (nSPS) is 14.5. The van der Waals surface area contributed by atoms with Gasteiger partial charge in [0.2, 0.25) is 0 Å². The minimum absolute atomic E-state index is 0.0220. The van der Waals surface area contributed by atoms with E-state index in [4.69, 9.17) is 0 Å². The van der Waals surface area contributed by atoms with E-state index < -0.39 is 5.97 Å². The second kappa shape index (κ2) is 5.24. The van der Waals surface area contributed by atoms with Gasteiger partial charge in [-0.2, -0.15) is 0 Å². The fraction of sp³-hybridized carbons (Fsp3) is 0.286. The Labute approximate surface area is 116 Å². The van der Waals surface area contributed by atoms with Crippen LogP contribution in [0.5, 0.6) is 0 Å². The van der Waals surface area contributed by atoms with E-state index in [1.807, 2.05) is 0 Å². The lowest BCUT2D eigenvalue weighted by Crippen LogP contribution is -2.20. The Morgan fingerprint density at radius 2 is 1.85 bits per heavy atom. The van der Waals surface area contributed by atoms with E-state index in [-0.39, 0.29) is 5.69 Å². The van der Waals surface area contributed by atoms with Gasteiger partial charge >= 0.3 is 5.97 Å². The molecular formula is C14H14N4O2. The van der Waals surface area contributed by atoms with Crippen LogP contribution in [0.25, 0.3) is 11.4 Å². The molecule has 20 heavy (non-hydrogen) atoms. The van der Waals surface area contributed by atoms with Crippen LogP contribution in [0.4, 0.5) is 5.82 Å². The van der Waals surface area contributed by atoms with E-state index in [2.05, 4.69) is 19.9 Å². The summed E-state index contributed by atoms with van der Waals surface area (Å²) in [6, 6.07) is 5.09. The van der Waals surface area contributed by atoms with Crippen molar-refractivity contribution in [3.63, 3.8) is 0 Å². The number of aromatic nitrogens is 3. The van der Waals surface area contributed by atoms with Crippen molar-refractivity contribution in [2.75, 3.05) is 18.0 Å². The highest BCUT2D eigenvalue weighted by Gasteiger charge is 2.18. The molecule has 0 radical (unpaired) electrons. The fourth-order valence-corrected chi connectivity index (χ4v) is 2.28. The summed E-state index contributed by atoms with van der Waals surface area (Å²) >= 11 is 0. The summed E-state index contributed by atoms with van der Waals surface area (Å²) in [6.45, 7) is 1.82. The van der Waals surface area contributed by atoms with E-state index in [9.17, 15) is 9.90 Å². The number of aromatic carboxylic acids is 1. The van der Waals surface area contributed by atoms with Gasteiger partial charge in [-0.15, -0.1) is 0 Å². The third-order valence-corrected chi connectivity index (χ3v) is 3.30. The van der Waals surface area contributed by atoms with Crippen LogP contribution in [0.1, 0.15) is 23.3 Å². The number of hydrogen-bond acceptors (Lipinski definition) is 5. The van der Waals surface area contributed by atoms with Crippen molar-refractivity contribution in [1.82, 2.24) is 15.0 Å². The van der Waals surface area contributed by atoms with Crippen molar-refractivity contribution < 1.29 is 9.90 Å². The van der Waals surface area contributed by atoms with Crippen LogP contribution in [-0.4, -0.2) is 39.1 Å². The number of carboxylic acids is 1. The molecule has 2 aromatic rings. The summed E-state index contributed by atoms with van der Waals surface area (Å²) in [5.41, 5.74) is 0.789. The summed E-state index contributed by atoms with van der Waals surface area (Å²) in [6.07, 6.45) is 5.50. The van der Waals surface area contributed by atoms with Crippen LogP contribution in [0.15, 0.2) is 30.6 Å². The minimum Gasteiger partial charge on any atom is -0.477 e. The van der Waals surface area contributed by atoms with Crippen molar-refractivity contribution in [2.45, 2.75) is 12.8 Å². The molecule has 0 aromatic carbocycles. The predicted octanol–water partition coefficient (Wildman–Crippen LogP) is 1.84. The lowest BCUT2D eigenvalue weighted by Gasteiger charge is -2.17. The van der Waals surface area contributed by atoms with Crippen molar-refractivity contribution in [3.8, 4) is 11.4 Å². The van der Waals surface area contributed by atoms with Gasteiger partial charge in [0.25, 0.3) is 0 Å². The third kappa shape index (κ3) is 2.45. The van der Waals surface area contributed by atoms with E-state index in [1.165, 1.54) is 0 Å². The Hall–Kier alpha value is -2.50. The molecule has 0 spiro atoms. The van der Waals surface area contributed by atoms with Gasteiger partial charge in [-0.1, -0.05) is 0 Å². The van der Waals surface area contributed by atoms with E-state index in [1.54, 1.807) is 30.6 Å². The zero-order chi connectivity index (χ0) is 13.9. The number of hydrogen-bond donors (Lipinski definition) is 1. The number of anilines is 1. The summed E-state index contributed by atoms with van der Waals surface area (Å²) in [5, 5.41) is 9.20. The Morgan fingerprint density at radius 3 is 2.50 bits per heavy atom. The van der Waals surface area contributed by atoms with Gasteiger partial charge in [0, 0.05) is 37.1 Å². The SMILES string of the molecule is O=C(O)c1cc(N2CCCC2)nc(-c2ccncc2)n1. The highest BCUT2D eigenvalue weighted by Crippen LogP contribution is 2.22. The molecule has 1 fully saturated rings. The topological polar surface area (TPSA) is 79.2 Å². The van der Waals surface area contributed by atoms with Gasteiger partial charge in [0.05, 0.1) is 0 Å². The molecule has 0 saturated carbocycles. The van der Waals surface area contributed by atoms with Gasteiger partial charge in [-0.3, -0.25) is 4.98 Å². The Balaban J connectivity index is 2.07. The number of carboxylic acid groups (broad SMARTS) is 1. The quantitative estimate of drug-likeness (QED) is 0.916. The number of carbonyl (C=O) groups is 1.